The predicted octanol–water partition coefficient (Wildman–Crippen LogP) is 8.17. The molecule has 3 aromatic carbocycles. The molecule has 1 N–H and O–H groups in total. The van der Waals surface area contributed by atoms with E-state index < -0.39 is 0 Å². The number of hydrogen-bond donors (Lipinski definition) is 1. The summed E-state index contributed by atoms with van der Waals surface area (Å²) in [6.45, 7) is 0. The quantitative estimate of drug-likeness (QED) is 0.124. The molecule has 0 atom stereocenters. The van der Waals surface area contributed by atoms with Crippen molar-refractivity contribution in [2.75, 3.05) is 5.43 Å². The Kier molecular flexibility index (Phi) is 7.15. The van der Waals surface area contributed by atoms with Crippen molar-refractivity contribution < 1.29 is 4.92 Å². The number of hydrazone groups is 1. The summed E-state index contributed by atoms with van der Waals surface area (Å²) in [5.41, 5.74) is 5.57. The predicted molar refractivity (Wildman–Crippen MR) is 148 cm³/mol. The van der Waals surface area contributed by atoms with Gasteiger partial charge < -0.3 is 0 Å². The fourth-order valence-corrected chi connectivity index (χ4v) is 6.44. The summed E-state index contributed by atoms with van der Waals surface area (Å²) in [6.07, 6.45) is 3.05. The van der Waals surface area contributed by atoms with Crippen LogP contribution in [0.1, 0.15) is 5.56 Å². The van der Waals surface area contributed by atoms with Gasteiger partial charge in [0.25, 0.3) is 5.69 Å². The maximum atomic E-state index is 11.6. The highest BCUT2D eigenvalue weighted by molar-refractivity contribution is 8.01. The third-order valence-electron chi connectivity index (χ3n) is 5.12. The molecule has 178 valence electrons. The summed E-state index contributed by atoms with van der Waals surface area (Å²) in [4.78, 5) is 21.4. The average molecular weight is 552 g/mol. The van der Waals surface area contributed by atoms with E-state index in [0.717, 1.165) is 25.6 Å². The number of fused-ring (bicyclic) bond motifs is 1. The van der Waals surface area contributed by atoms with Crippen molar-refractivity contribution in [2.24, 2.45) is 5.10 Å². The molecule has 2 heterocycles. The van der Waals surface area contributed by atoms with Crippen LogP contribution in [0, 0.1) is 10.1 Å². The number of hydrogen-bond acceptors (Lipinski definition) is 8. The number of anilines is 1. The first kappa shape index (κ1) is 24.2. The van der Waals surface area contributed by atoms with Crippen molar-refractivity contribution in [3.63, 3.8) is 0 Å². The minimum absolute atomic E-state index is 0.0489. The summed E-state index contributed by atoms with van der Waals surface area (Å²) >= 11 is 15.0. The van der Waals surface area contributed by atoms with E-state index in [1.807, 2.05) is 30.3 Å². The van der Waals surface area contributed by atoms with E-state index in [-0.39, 0.29) is 10.6 Å². The molecule has 0 unspecified atom stereocenters. The number of benzene rings is 3. The molecule has 0 aliphatic carbocycles. The van der Waals surface area contributed by atoms with Crippen LogP contribution in [-0.2, 0) is 0 Å². The van der Waals surface area contributed by atoms with E-state index in [4.69, 9.17) is 23.2 Å². The van der Waals surface area contributed by atoms with Gasteiger partial charge in [-0.3, -0.25) is 15.5 Å². The summed E-state index contributed by atoms with van der Waals surface area (Å²) in [5.74, 6) is 0.505. The Morgan fingerprint density at radius 3 is 2.58 bits per heavy atom. The van der Waals surface area contributed by atoms with Gasteiger partial charge in [0.15, 0.2) is 5.82 Å². The standard InChI is InChI=1S/C25H15Cl2N5O2S2/c26-17-11-10-16(18(27)12-17)13-30-31-23-22-21(15-6-2-1-3-7-15)25(36-24(22)29-14-28-23)35-20-9-5-4-8-19(20)32(33)34/h1-14H,(H,28,29,31)/b30-13+. The average Bonchev–Trinajstić information content (AvgIpc) is 3.25. The van der Waals surface area contributed by atoms with Gasteiger partial charge in [0.2, 0.25) is 0 Å². The molecule has 7 nitrogen and oxygen atoms in total. The highest BCUT2D eigenvalue weighted by atomic mass is 35.5. The van der Waals surface area contributed by atoms with Crippen molar-refractivity contribution in [3.05, 3.63) is 105 Å². The third kappa shape index (κ3) is 5.05. The Morgan fingerprint density at radius 2 is 1.81 bits per heavy atom. The van der Waals surface area contributed by atoms with E-state index >= 15 is 0 Å². The minimum atomic E-state index is -0.374. The van der Waals surface area contributed by atoms with Crippen molar-refractivity contribution in [1.29, 1.82) is 0 Å². The first-order chi connectivity index (χ1) is 17.5. The van der Waals surface area contributed by atoms with Crippen LogP contribution in [0.15, 0.2) is 93.3 Å². The molecule has 0 spiro atoms. The highest BCUT2D eigenvalue weighted by Gasteiger charge is 2.22. The topological polar surface area (TPSA) is 93.3 Å². The van der Waals surface area contributed by atoms with Gasteiger partial charge in [-0.1, -0.05) is 83.5 Å². The van der Waals surface area contributed by atoms with Crippen molar-refractivity contribution in [2.45, 2.75) is 9.10 Å². The number of rotatable bonds is 7. The Labute approximate surface area is 224 Å². The first-order valence-corrected chi connectivity index (χ1v) is 12.9. The molecule has 0 saturated carbocycles. The summed E-state index contributed by atoms with van der Waals surface area (Å²) < 4.78 is 0.860. The van der Waals surface area contributed by atoms with Gasteiger partial charge in [-0.25, -0.2) is 9.97 Å². The lowest BCUT2D eigenvalue weighted by Gasteiger charge is -2.08. The van der Waals surface area contributed by atoms with Crippen LogP contribution in [-0.4, -0.2) is 21.1 Å². The molecule has 0 saturated heterocycles. The van der Waals surface area contributed by atoms with Gasteiger partial charge in [-0.05, 0) is 23.8 Å². The summed E-state index contributed by atoms with van der Waals surface area (Å²) in [5, 5.41) is 17.7. The number of nitro benzene ring substituents is 1. The number of thiophene rings is 1. The van der Waals surface area contributed by atoms with Gasteiger partial charge in [0.1, 0.15) is 11.2 Å². The zero-order chi connectivity index (χ0) is 25.1. The van der Waals surface area contributed by atoms with Crippen LogP contribution >= 0.6 is 46.3 Å². The molecule has 0 bridgehead atoms. The molecule has 11 heteroatoms. The van der Waals surface area contributed by atoms with Crippen LogP contribution in [0.2, 0.25) is 10.0 Å². The normalized spacial score (nSPS) is 11.3. The zero-order valence-electron chi connectivity index (χ0n) is 18.3. The molecular formula is C25H15Cl2N5O2S2. The van der Waals surface area contributed by atoms with Gasteiger partial charge in [0, 0.05) is 22.2 Å². The fourth-order valence-electron chi connectivity index (χ4n) is 3.50. The first-order valence-electron chi connectivity index (χ1n) is 10.5. The molecule has 0 radical (unpaired) electrons. The summed E-state index contributed by atoms with van der Waals surface area (Å²) in [6, 6.07) is 21.6. The van der Waals surface area contributed by atoms with Crippen LogP contribution in [0.3, 0.4) is 0 Å². The van der Waals surface area contributed by atoms with E-state index in [2.05, 4.69) is 20.5 Å². The molecule has 0 aliphatic heterocycles. The van der Waals surface area contributed by atoms with Gasteiger partial charge in [-0.15, -0.1) is 11.3 Å². The van der Waals surface area contributed by atoms with Crippen molar-refractivity contribution >= 4 is 74.2 Å². The number of nitrogens with zero attached hydrogens (tertiary/aromatic N) is 4. The highest BCUT2D eigenvalue weighted by Crippen LogP contribution is 2.49. The number of halogens is 2. The van der Waals surface area contributed by atoms with E-state index in [1.54, 1.807) is 42.6 Å². The van der Waals surface area contributed by atoms with E-state index in [1.165, 1.54) is 35.5 Å². The SMILES string of the molecule is O=[N+]([O-])c1ccccc1Sc1sc2ncnc(N/N=C/c3ccc(Cl)cc3Cl)c2c1-c1ccccc1. The Balaban J connectivity index is 1.60. The van der Waals surface area contributed by atoms with Crippen LogP contribution in [0.4, 0.5) is 11.5 Å². The van der Waals surface area contributed by atoms with Crippen molar-refractivity contribution in [3.8, 4) is 11.1 Å². The van der Waals surface area contributed by atoms with Crippen molar-refractivity contribution in [1.82, 2.24) is 9.97 Å². The molecule has 2 aromatic heterocycles. The van der Waals surface area contributed by atoms with Gasteiger partial charge in [0.05, 0.1) is 30.7 Å². The lowest BCUT2D eigenvalue weighted by atomic mass is 10.1. The van der Waals surface area contributed by atoms with Crippen LogP contribution in [0.5, 0.6) is 0 Å². The van der Waals surface area contributed by atoms with Gasteiger partial charge in [-0.2, -0.15) is 5.10 Å². The Morgan fingerprint density at radius 1 is 1.03 bits per heavy atom. The number of aromatic nitrogens is 2. The Bertz CT molecular complexity index is 1610. The fraction of sp³-hybridized carbons (Fsp3) is 0. The molecule has 5 aromatic rings. The second kappa shape index (κ2) is 10.6. The van der Waals surface area contributed by atoms with Crippen LogP contribution < -0.4 is 5.43 Å². The molecular weight excluding hydrogens is 537 g/mol. The third-order valence-corrected chi connectivity index (χ3v) is 8.03. The molecule has 5 rings (SSSR count). The van der Waals surface area contributed by atoms with E-state index in [0.29, 0.717) is 26.3 Å². The number of nitrogens with one attached hydrogen (secondary N) is 1. The second-order valence-corrected chi connectivity index (χ2v) is 10.5. The second-order valence-electron chi connectivity index (χ2n) is 7.40. The smallest absolute Gasteiger partial charge is 0.261 e. The monoisotopic (exact) mass is 551 g/mol. The summed E-state index contributed by atoms with van der Waals surface area (Å²) in [7, 11) is 0. The maximum Gasteiger partial charge on any atom is 0.283 e. The molecule has 0 fully saturated rings. The largest absolute Gasteiger partial charge is 0.283 e. The molecule has 0 aliphatic rings. The molecule has 0 amide bonds. The van der Waals surface area contributed by atoms with Crippen LogP contribution in [0.25, 0.3) is 21.3 Å². The number of para-hydroxylation sites is 1. The van der Waals surface area contributed by atoms with E-state index in [9.17, 15) is 10.1 Å². The Hall–Kier alpha value is -3.50. The molecule has 36 heavy (non-hydrogen) atoms. The maximum absolute atomic E-state index is 11.6. The minimum Gasteiger partial charge on any atom is -0.261 e. The van der Waals surface area contributed by atoms with Gasteiger partial charge >= 0.3 is 0 Å². The lowest BCUT2D eigenvalue weighted by Crippen LogP contribution is -1.96. The number of nitro groups is 1. The zero-order valence-corrected chi connectivity index (χ0v) is 21.4. The lowest BCUT2D eigenvalue weighted by molar-refractivity contribution is -0.387.